The van der Waals surface area contributed by atoms with Gasteiger partial charge in [-0.3, -0.25) is 19.0 Å². The molecule has 1 aliphatic carbocycles. The largest absolute Gasteiger partial charge is 0.469 e. The first-order valence-electron chi connectivity index (χ1n) is 11.5. The Hall–Kier alpha value is -2.65. The molecule has 0 atom stereocenters. The molecule has 7 nitrogen and oxygen atoms in total. The number of hydrogen-bond acceptors (Lipinski definition) is 7. The van der Waals surface area contributed by atoms with Gasteiger partial charge in [0, 0.05) is 17.8 Å². The van der Waals surface area contributed by atoms with Crippen molar-refractivity contribution < 1.29 is 14.3 Å². The van der Waals surface area contributed by atoms with Crippen molar-refractivity contribution in [3.05, 3.63) is 50.1 Å². The summed E-state index contributed by atoms with van der Waals surface area (Å²) in [6, 6.07) is 5.94. The minimum atomic E-state index is -0.294. The van der Waals surface area contributed by atoms with E-state index in [-0.39, 0.29) is 29.6 Å². The molecule has 1 aliphatic rings. The molecule has 1 aromatic carbocycles. The van der Waals surface area contributed by atoms with Crippen LogP contribution in [0.25, 0.3) is 15.9 Å². The van der Waals surface area contributed by atoms with Crippen LogP contribution in [0.3, 0.4) is 0 Å². The number of benzene rings is 1. The highest BCUT2D eigenvalue weighted by molar-refractivity contribution is 7.99. The molecule has 0 aliphatic heterocycles. The maximum Gasteiger partial charge on any atom is 0.305 e. The number of fused-ring (bicyclic) bond motifs is 3. The predicted octanol–water partition coefficient (Wildman–Crippen LogP) is 4.10. The van der Waals surface area contributed by atoms with Crippen LogP contribution in [-0.2, 0) is 27.2 Å². The molecule has 1 N–H and O–H groups in total. The molecule has 1 amide bonds. The zero-order valence-electron chi connectivity index (χ0n) is 19.7. The van der Waals surface area contributed by atoms with E-state index in [0.717, 1.165) is 58.3 Å². The number of thioether (sulfide) groups is 1. The molecular formula is C25H29N3O4S2. The number of aryl methyl sites for hydroxylation is 4. The summed E-state index contributed by atoms with van der Waals surface area (Å²) in [5.41, 5.74) is 4.10. The SMILES string of the molecule is COC(=O)CCCNC(=O)CSc1nc2sc3c(c2c(=O)n1-c1ccc(C)c(C)c1)CCCC3. The molecule has 0 radical (unpaired) electrons. The van der Waals surface area contributed by atoms with Gasteiger partial charge in [-0.1, -0.05) is 17.8 Å². The van der Waals surface area contributed by atoms with Gasteiger partial charge in [-0.15, -0.1) is 11.3 Å². The lowest BCUT2D eigenvalue weighted by atomic mass is 9.97. The summed E-state index contributed by atoms with van der Waals surface area (Å²) in [4.78, 5) is 44.3. The Bertz CT molecular complexity index is 1300. The summed E-state index contributed by atoms with van der Waals surface area (Å²) in [7, 11) is 1.35. The number of amides is 1. The first-order chi connectivity index (χ1) is 16.4. The minimum absolute atomic E-state index is 0.0614. The van der Waals surface area contributed by atoms with E-state index in [1.807, 2.05) is 32.0 Å². The fraction of sp³-hybridized carbons (Fsp3) is 0.440. The van der Waals surface area contributed by atoms with Gasteiger partial charge in [0.25, 0.3) is 5.56 Å². The quantitative estimate of drug-likeness (QED) is 0.217. The third-order valence-electron chi connectivity index (χ3n) is 6.15. The van der Waals surface area contributed by atoms with Crippen molar-refractivity contribution in [2.45, 2.75) is 57.5 Å². The molecule has 180 valence electrons. The first kappa shape index (κ1) is 24.5. The lowest BCUT2D eigenvalue weighted by Gasteiger charge is -2.14. The summed E-state index contributed by atoms with van der Waals surface area (Å²) in [6.45, 7) is 4.46. The maximum absolute atomic E-state index is 13.8. The number of carbonyl (C=O) groups excluding carboxylic acids is 2. The Morgan fingerprint density at radius 3 is 2.76 bits per heavy atom. The van der Waals surface area contributed by atoms with Crippen LogP contribution in [0.1, 0.15) is 47.3 Å². The molecule has 34 heavy (non-hydrogen) atoms. The predicted molar refractivity (Wildman–Crippen MR) is 136 cm³/mol. The van der Waals surface area contributed by atoms with Gasteiger partial charge in [0.15, 0.2) is 5.16 Å². The summed E-state index contributed by atoms with van der Waals surface area (Å²) < 4.78 is 6.27. The van der Waals surface area contributed by atoms with Crippen LogP contribution in [0.4, 0.5) is 0 Å². The van der Waals surface area contributed by atoms with Crippen molar-refractivity contribution in [2.24, 2.45) is 0 Å². The number of ether oxygens (including phenoxy) is 1. The summed E-state index contributed by atoms with van der Waals surface area (Å²) in [5.74, 6) is -0.329. The van der Waals surface area contributed by atoms with E-state index < -0.39 is 0 Å². The van der Waals surface area contributed by atoms with E-state index in [2.05, 4.69) is 10.1 Å². The standard InChI is InChI=1S/C25H29N3O4S2/c1-15-10-11-17(13-16(15)2)28-24(31)22-18-7-4-5-8-19(18)34-23(22)27-25(28)33-14-20(29)26-12-6-9-21(30)32-3/h10-11,13H,4-9,12,14H2,1-3H3,(H,26,29). The average molecular weight is 500 g/mol. The van der Waals surface area contributed by atoms with Gasteiger partial charge in [-0.05, 0) is 74.8 Å². The van der Waals surface area contributed by atoms with E-state index in [9.17, 15) is 14.4 Å². The van der Waals surface area contributed by atoms with Crippen molar-refractivity contribution in [2.75, 3.05) is 19.4 Å². The average Bonchev–Trinajstić information content (AvgIpc) is 3.21. The lowest BCUT2D eigenvalue weighted by Crippen LogP contribution is -2.27. The molecule has 2 heterocycles. The Morgan fingerprint density at radius 2 is 2.00 bits per heavy atom. The highest BCUT2D eigenvalue weighted by atomic mass is 32.2. The molecule has 0 spiro atoms. The third kappa shape index (κ3) is 5.20. The zero-order chi connectivity index (χ0) is 24.2. The highest BCUT2D eigenvalue weighted by Gasteiger charge is 2.23. The van der Waals surface area contributed by atoms with Crippen molar-refractivity contribution in [3.8, 4) is 5.69 Å². The van der Waals surface area contributed by atoms with E-state index in [0.29, 0.717) is 18.1 Å². The Labute approximate surface area is 206 Å². The number of esters is 1. The van der Waals surface area contributed by atoms with Crippen molar-refractivity contribution in [1.82, 2.24) is 14.9 Å². The summed E-state index contributed by atoms with van der Waals surface area (Å²) in [5, 5.41) is 4.07. The monoisotopic (exact) mass is 499 g/mol. The minimum Gasteiger partial charge on any atom is -0.469 e. The van der Waals surface area contributed by atoms with Gasteiger partial charge < -0.3 is 10.1 Å². The number of carbonyl (C=O) groups is 2. The van der Waals surface area contributed by atoms with Crippen molar-refractivity contribution >= 4 is 45.2 Å². The van der Waals surface area contributed by atoms with Crippen LogP contribution in [0.5, 0.6) is 0 Å². The van der Waals surface area contributed by atoms with E-state index in [1.54, 1.807) is 15.9 Å². The Kier molecular flexibility index (Phi) is 7.73. The van der Waals surface area contributed by atoms with Gasteiger partial charge >= 0.3 is 5.97 Å². The first-order valence-corrected chi connectivity index (χ1v) is 13.3. The van der Waals surface area contributed by atoms with Crippen LogP contribution < -0.4 is 10.9 Å². The third-order valence-corrected chi connectivity index (χ3v) is 8.27. The second-order valence-electron chi connectivity index (χ2n) is 8.51. The van der Waals surface area contributed by atoms with Crippen LogP contribution in [-0.4, -0.2) is 40.8 Å². The number of hydrogen-bond donors (Lipinski definition) is 1. The molecule has 0 saturated heterocycles. The van der Waals surface area contributed by atoms with Gasteiger partial charge in [-0.2, -0.15) is 0 Å². The van der Waals surface area contributed by atoms with E-state index in [4.69, 9.17) is 4.98 Å². The number of aromatic nitrogens is 2. The molecule has 0 saturated carbocycles. The number of methoxy groups -OCH3 is 1. The Balaban J connectivity index is 1.63. The Morgan fingerprint density at radius 1 is 1.21 bits per heavy atom. The van der Waals surface area contributed by atoms with Crippen LogP contribution in [0, 0.1) is 13.8 Å². The van der Waals surface area contributed by atoms with Gasteiger partial charge in [0.05, 0.1) is 23.9 Å². The number of nitrogens with one attached hydrogen (secondary N) is 1. The molecule has 9 heteroatoms. The second kappa shape index (κ2) is 10.7. The molecular weight excluding hydrogens is 470 g/mol. The zero-order valence-corrected chi connectivity index (χ0v) is 21.4. The van der Waals surface area contributed by atoms with Gasteiger partial charge in [0.2, 0.25) is 5.91 Å². The van der Waals surface area contributed by atoms with Crippen LogP contribution >= 0.6 is 23.1 Å². The maximum atomic E-state index is 13.8. The summed E-state index contributed by atoms with van der Waals surface area (Å²) in [6.07, 6.45) is 4.92. The van der Waals surface area contributed by atoms with Gasteiger partial charge in [-0.25, -0.2) is 4.98 Å². The molecule has 0 bridgehead atoms. The molecule has 0 unspecified atom stereocenters. The smallest absolute Gasteiger partial charge is 0.305 e. The van der Waals surface area contributed by atoms with Crippen molar-refractivity contribution in [3.63, 3.8) is 0 Å². The topological polar surface area (TPSA) is 90.3 Å². The van der Waals surface area contributed by atoms with E-state index in [1.165, 1.54) is 23.7 Å². The highest BCUT2D eigenvalue weighted by Crippen LogP contribution is 2.35. The van der Waals surface area contributed by atoms with E-state index >= 15 is 0 Å². The molecule has 0 fully saturated rings. The lowest BCUT2D eigenvalue weighted by molar-refractivity contribution is -0.140. The van der Waals surface area contributed by atoms with Crippen molar-refractivity contribution in [1.29, 1.82) is 0 Å². The number of nitrogens with zero attached hydrogens (tertiary/aromatic N) is 2. The molecule has 3 aromatic rings. The number of thiophene rings is 1. The summed E-state index contributed by atoms with van der Waals surface area (Å²) >= 11 is 2.87. The fourth-order valence-electron chi connectivity index (χ4n) is 4.12. The fourth-order valence-corrected chi connectivity index (χ4v) is 6.26. The normalized spacial score (nSPS) is 13.0. The second-order valence-corrected chi connectivity index (χ2v) is 10.5. The van der Waals surface area contributed by atoms with Crippen LogP contribution in [0.2, 0.25) is 0 Å². The number of rotatable bonds is 8. The molecule has 2 aromatic heterocycles. The molecule has 4 rings (SSSR count). The van der Waals surface area contributed by atoms with Crippen LogP contribution in [0.15, 0.2) is 28.2 Å². The van der Waals surface area contributed by atoms with Gasteiger partial charge in [0.1, 0.15) is 4.83 Å².